The molecule has 0 bridgehead atoms. The summed E-state index contributed by atoms with van der Waals surface area (Å²) in [5, 5.41) is 0. The molecule has 9 heavy (non-hydrogen) atoms. The van der Waals surface area contributed by atoms with E-state index < -0.39 is 0 Å². The lowest BCUT2D eigenvalue weighted by Crippen LogP contribution is -2.42. The molecular formula is C7H13NS. The van der Waals surface area contributed by atoms with Crippen molar-refractivity contribution in [1.29, 1.82) is 0 Å². The van der Waals surface area contributed by atoms with Gasteiger partial charge in [0.2, 0.25) is 0 Å². The van der Waals surface area contributed by atoms with Crippen molar-refractivity contribution < 1.29 is 0 Å². The molecule has 0 amide bonds. The normalized spacial score (nSPS) is 30.7. The second-order valence-corrected chi connectivity index (χ2v) is 4.01. The van der Waals surface area contributed by atoms with Gasteiger partial charge in [0, 0.05) is 17.5 Å². The van der Waals surface area contributed by atoms with Crippen molar-refractivity contribution in [3.05, 3.63) is 0 Å². The van der Waals surface area contributed by atoms with Gasteiger partial charge in [0.1, 0.15) is 0 Å². The number of nitrogens with zero attached hydrogens (tertiary/aromatic N) is 1. The third-order valence-electron chi connectivity index (χ3n) is 2.28. The Hall–Kier alpha value is 0.310. The lowest BCUT2D eigenvalue weighted by atomic mass is 10.3. The van der Waals surface area contributed by atoms with E-state index >= 15 is 0 Å². The molecule has 2 fully saturated rings. The van der Waals surface area contributed by atoms with Crippen LogP contribution in [0.1, 0.15) is 12.8 Å². The highest BCUT2D eigenvalue weighted by atomic mass is 32.2. The summed E-state index contributed by atoms with van der Waals surface area (Å²) >= 11 is 2.09. The minimum absolute atomic E-state index is 0.970. The van der Waals surface area contributed by atoms with Gasteiger partial charge in [-0.05, 0) is 25.9 Å². The average Bonchev–Trinajstić information content (AvgIpc) is 2.11. The van der Waals surface area contributed by atoms with E-state index in [0.29, 0.717) is 0 Å². The van der Waals surface area contributed by atoms with Crippen LogP contribution in [0.5, 0.6) is 0 Å². The molecule has 2 rings (SSSR count). The fourth-order valence-corrected chi connectivity index (χ4v) is 2.41. The standard InChI is InChI=1S/C7H13NS/c1-2-4-8(3-1)7-5-9-6-7/h7H,1-6H2. The molecule has 2 saturated heterocycles. The van der Waals surface area contributed by atoms with Crippen LogP contribution in [0.4, 0.5) is 0 Å². The van der Waals surface area contributed by atoms with Gasteiger partial charge in [0.05, 0.1) is 0 Å². The van der Waals surface area contributed by atoms with E-state index in [4.69, 9.17) is 0 Å². The van der Waals surface area contributed by atoms with Gasteiger partial charge in [-0.3, -0.25) is 4.90 Å². The van der Waals surface area contributed by atoms with Gasteiger partial charge in [-0.2, -0.15) is 11.8 Å². The van der Waals surface area contributed by atoms with Crippen molar-refractivity contribution in [2.24, 2.45) is 0 Å². The van der Waals surface area contributed by atoms with Crippen molar-refractivity contribution in [3.8, 4) is 0 Å². The Labute approximate surface area is 60.8 Å². The van der Waals surface area contributed by atoms with E-state index in [1.54, 1.807) is 0 Å². The smallest absolute Gasteiger partial charge is 0.0276 e. The predicted molar refractivity (Wildman–Crippen MR) is 41.9 cm³/mol. The first-order valence-electron chi connectivity index (χ1n) is 3.78. The number of hydrogen-bond acceptors (Lipinski definition) is 2. The Bertz CT molecular complexity index is 95.1. The van der Waals surface area contributed by atoms with E-state index in [-0.39, 0.29) is 0 Å². The van der Waals surface area contributed by atoms with Crippen LogP contribution in [0.25, 0.3) is 0 Å². The molecule has 0 aromatic heterocycles. The lowest BCUT2D eigenvalue weighted by Gasteiger charge is -2.33. The minimum atomic E-state index is 0.970. The molecule has 0 radical (unpaired) electrons. The number of hydrogen-bond donors (Lipinski definition) is 0. The number of rotatable bonds is 1. The van der Waals surface area contributed by atoms with Crippen molar-refractivity contribution >= 4 is 11.8 Å². The fraction of sp³-hybridized carbons (Fsp3) is 1.00. The summed E-state index contributed by atoms with van der Waals surface area (Å²) in [7, 11) is 0. The highest BCUT2D eigenvalue weighted by Gasteiger charge is 2.26. The van der Waals surface area contributed by atoms with Crippen LogP contribution < -0.4 is 0 Å². The van der Waals surface area contributed by atoms with E-state index in [1.807, 2.05) is 0 Å². The second kappa shape index (κ2) is 2.51. The fourth-order valence-electron chi connectivity index (χ4n) is 1.54. The topological polar surface area (TPSA) is 3.24 Å². The summed E-state index contributed by atoms with van der Waals surface area (Å²) in [6.45, 7) is 2.76. The molecule has 2 heteroatoms. The number of thioether (sulfide) groups is 1. The molecule has 2 heterocycles. The molecule has 0 unspecified atom stereocenters. The molecule has 0 N–H and O–H groups in total. The second-order valence-electron chi connectivity index (χ2n) is 2.93. The minimum Gasteiger partial charge on any atom is -0.299 e. The van der Waals surface area contributed by atoms with E-state index in [1.165, 1.54) is 37.4 Å². The molecular weight excluding hydrogens is 130 g/mol. The molecule has 0 aromatic rings. The summed E-state index contributed by atoms with van der Waals surface area (Å²) < 4.78 is 0. The molecule has 52 valence electrons. The van der Waals surface area contributed by atoms with Crippen molar-refractivity contribution in [2.45, 2.75) is 18.9 Å². The highest BCUT2D eigenvalue weighted by molar-refractivity contribution is 8.00. The molecule has 0 spiro atoms. The first-order valence-corrected chi connectivity index (χ1v) is 4.94. The van der Waals surface area contributed by atoms with Gasteiger partial charge < -0.3 is 0 Å². The van der Waals surface area contributed by atoms with Crippen LogP contribution in [-0.4, -0.2) is 35.5 Å². The third kappa shape index (κ3) is 1.10. The quantitative estimate of drug-likeness (QED) is 0.542. The SMILES string of the molecule is C1CCN(C2CSC2)C1. The molecule has 0 saturated carbocycles. The van der Waals surface area contributed by atoms with Crippen molar-refractivity contribution in [2.75, 3.05) is 24.6 Å². The zero-order valence-electron chi connectivity index (χ0n) is 5.68. The Balaban J connectivity index is 1.82. The Kier molecular flexibility index (Phi) is 1.68. The maximum Gasteiger partial charge on any atom is 0.0276 e. The maximum absolute atomic E-state index is 2.65. The van der Waals surface area contributed by atoms with E-state index in [0.717, 1.165) is 6.04 Å². The zero-order chi connectivity index (χ0) is 6.10. The first-order chi connectivity index (χ1) is 4.47. The van der Waals surface area contributed by atoms with E-state index in [9.17, 15) is 0 Å². The van der Waals surface area contributed by atoms with Crippen molar-refractivity contribution in [1.82, 2.24) is 4.90 Å². The van der Waals surface area contributed by atoms with Gasteiger partial charge >= 0.3 is 0 Å². The largest absolute Gasteiger partial charge is 0.299 e. The van der Waals surface area contributed by atoms with Crippen LogP contribution in [-0.2, 0) is 0 Å². The van der Waals surface area contributed by atoms with Gasteiger partial charge in [0.25, 0.3) is 0 Å². The Morgan fingerprint density at radius 2 is 1.78 bits per heavy atom. The molecule has 0 aromatic carbocycles. The van der Waals surface area contributed by atoms with Crippen LogP contribution in [0.2, 0.25) is 0 Å². The molecule has 2 aliphatic rings. The summed E-state index contributed by atoms with van der Waals surface area (Å²) in [5.41, 5.74) is 0. The van der Waals surface area contributed by atoms with Crippen LogP contribution in [0, 0.1) is 0 Å². The first kappa shape index (κ1) is 6.05. The molecule has 2 aliphatic heterocycles. The maximum atomic E-state index is 2.65. The summed E-state index contributed by atoms with van der Waals surface area (Å²) in [6.07, 6.45) is 2.89. The average molecular weight is 143 g/mol. The lowest BCUT2D eigenvalue weighted by molar-refractivity contribution is 0.274. The van der Waals surface area contributed by atoms with Gasteiger partial charge in [0.15, 0.2) is 0 Å². The van der Waals surface area contributed by atoms with Crippen LogP contribution >= 0.6 is 11.8 Å². The number of likely N-dealkylation sites (tertiary alicyclic amines) is 1. The molecule has 0 aliphatic carbocycles. The zero-order valence-corrected chi connectivity index (χ0v) is 6.49. The van der Waals surface area contributed by atoms with Gasteiger partial charge in [-0.1, -0.05) is 0 Å². The van der Waals surface area contributed by atoms with Gasteiger partial charge in [-0.15, -0.1) is 0 Å². The Morgan fingerprint density at radius 1 is 1.11 bits per heavy atom. The molecule has 0 atom stereocenters. The van der Waals surface area contributed by atoms with Crippen LogP contribution in [0.15, 0.2) is 0 Å². The third-order valence-corrected chi connectivity index (χ3v) is 3.52. The molecule has 1 nitrogen and oxygen atoms in total. The monoisotopic (exact) mass is 143 g/mol. The summed E-state index contributed by atoms with van der Waals surface area (Å²) in [4.78, 5) is 2.65. The Morgan fingerprint density at radius 3 is 2.22 bits per heavy atom. The predicted octanol–water partition coefficient (Wildman–Crippen LogP) is 1.20. The van der Waals surface area contributed by atoms with Crippen LogP contribution in [0.3, 0.4) is 0 Å². The van der Waals surface area contributed by atoms with E-state index in [2.05, 4.69) is 16.7 Å². The highest BCUT2D eigenvalue weighted by Crippen LogP contribution is 2.25. The summed E-state index contributed by atoms with van der Waals surface area (Å²) in [5.74, 6) is 2.81. The summed E-state index contributed by atoms with van der Waals surface area (Å²) in [6, 6.07) is 0.970. The van der Waals surface area contributed by atoms with Crippen molar-refractivity contribution in [3.63, 3.8) is 0 Å². The van der Waals surface area contributed by atoms with Gasteiger partial charge in [-0.25, -0.2) is 0 Å².